The number of rotatable bonds is 1. The second kappa shape index (κ2) is 3.85. The molecule has 0 saturated heterocycles. The van der Waals surface area contributed by atoms with Gasteiger partial charge in [0, 0.05) is 20.3 Å². The smallest absolute Gasteiger partial charge is 0.153 e. The molecule has 0 spiro atoms. The molecule has 1 aromatic rings. The molecule has 0 amide bonds. The van der Waals surface area contributed by atoms with Crippen LogP contribution in [0.25, 0.3) is 0 Å². The summed E-state index contributed by atoms with van der Waals surface area (Å²) in [6.07, 6.45) is 1.74. The van der Waals surface area contributed by atoms with Crippen LogP contribution < -0.4 is 0 Å². The van der Waals surface area contributed by atoms with E-state index in [4.69, 9.17) is 0 Å². The molecule has 1 aromatic heterocycles. The minimum atomic E-state index is 0.753. The van der Waals surface area contributed by atoms with E-state index in [-0.39, 0.29) is 0 Å². The van der Waals surface area contributed by atoms with Crippen LogP contribution in [0.4, 0.5) is 5.82 Å². The Morgan fingerprint density at radius 3 is 2.67 bits per heavy atom. The number of pyridine rings is 1. The Bertz CT molecular complexity index is 264. The standard InChI is InChI=1S/C9H13N3/c1-8(12(2)3)11-9-6-4-5-7-10-9/h4-7H,1-3H3/b11-8+. The van der Waals surface area contributed by atoms with Crippen molar-refractivity contribution in [1.29, 1.82) is 0 Å². The maximum Gasteiger partial charge on any atom is 0.153 e. The third kappa shape index (κ3) is 2.34. The molecular formula is C9H13N3. The molecule has 0 N–H and O–H groups in total. The van der Waals surface area contributed by atoms with Gasteiger partial charge in [-0.3, -0.25) is 0 Å². The maximum atomic E-state index is 4.29. The predicted octanol–water partition coefficient (Wildman–Crippen LogP) is 1.69. The summed E-state index contributed by atoms with van der Waals surface area (Å²) in [4.78, 5) is 10.3. The van der Waals surface area contributed by atoms with Crippen LogP contribution in [0.3, 0.4) is 0 Å². The Morgan fingerprint density at radius 1 is 1.42 bits per heavy atom. The SMILES string of the molecule is C/C(=N\c1ccccn1)N(C)C. The lowest BCUT2D eigenvalue weighted by Gasteiger charge is -2.10. The molecule has 0 aliphatic rings. The fraction of sp³-hybridized carbons (Fsp3) is 0.333. The summed E-state index contributed by atoms with van der Waals surface area (Å²) in [7, 11) is 3.92. The summed E-state index contributed by atoms with van der Waals surface area (Å²) in [5.41, 5.74) is 0. The minimum Gasteiger partial charge on any atom is -0.366 e. The van der Waals surface area contributed by atoms with Gasteiger partial charge in [-0.2, -0.15) is 0 Å². The van der Waals surface area contributed by atoms with Gasteiger partial charge in [0.2, 0.25) is 0 Å². The van der Waals surface area contributed by atoms with Crippen molar-refractivity contribution in [3.8, 4) is 0 Å². The normalized spacial score (nSPS) is 11.4. The van der Waals surface area contributed by atoms with Gasteiger partial charge in [0.1, 0.15) is 5.84 Å². The molecule has 1 rings (SSSR count). The summed E-state index contributed by atoms with van der Waals surface area (Å²) >= 11 is 0. The first-order chi connectivity index (χ1) is 5.70. The molecule has 0 aromatic carbocycles. The van der Waals surface area contributed by atoms with Gasteiger partial charge in [-0.1, -0.05) is 6.07 Å². The number of hydrogen-bond donors (Lipinski definition) is 0. The molecule has 0 atom stereocenters. The third-order valence-electron chi connectivity index (χ3n) is 1.57. The molecular weight excluding hydrogens is 150 g/mol. The van der Waals surface area contributed by atoms with Gasteiger partial charge in [0.25, 0.3) is 0 Å². The topological polar surface area (TPSA) is 28.5 Å². The van der Waals surface area contributed by atoms with Gasteiger partial charge in [0.15, 0.2) is 5.82 Å². The fourth-order valence-electron chi connectivity index (χ4n) is 0.686. The monoisotopic (exact) mass is 163 g/mol. The van der Waals surface area contributed by atoms with E-state index in [1.165, 1.54) is 0 Å². The molecule has 3 heteroatoms. The summed E-state index contributed by atoms with van der Waals surface area (Å²) in [5.74, 6) is 1.71. The van der Waals surface area contributed by atoms with Crippen LogP contribution >= 0.6 is 0 Å². The van der Waals surface area contributed by atoms with E-state index < -0.39 is 0 Å². The molecule has 1 heterocycles. The Kier molecular flexibility index (Phi) is 2.80. The highest BCUT2D eigenvalue weighted by Gasteiger charge is 1.93. The van der Waals surface area contributed by atoms with E-state index >= 15 is 0 Å². The molecule has 0 fully saturated rings. The van der Waals surface area contributed by atoms with Gasteiger partial charge in [-0.25, -0.2) is 9.98 Å². The lowest BCUT2D eigenvalue weighted by molar-refractivity contribution is 0.618. The molecule has 3 nitrogen and oxygen atoms in total. The van der Waals surface area contributed by atoms with Gasteiger partial charge in [-0.15, -0.1) is 0 Å². The Morgan fingerprint density at radius 2 is 2.17 bits per heavy atom. The maximum absolute atomic E-state index is 4.29. The fourth-order valence-corrected chi connectivity index (χ4v) is 0.686. The molecule has 0 radical (unpaired) electrons. The van der Waals surface area contributed by atoms with Gasteiger partial charge >= 0.3 is 0 Å². The lowest BCUT2D eigenvalue weighted by Crippen LogP contribution is -2.17. The molecule has 0 bridgehead atoms. The number of amidine groups is 1. The van der Waals surface area contributed by atoms with Crippen LogP contribution in [0, 0.1) is 0 Å². The predicted molar refractivity (Wildman–Crippen MR) is 50.7 cm³/mol. The van der Waals surface area contributed by atoms with E-state index in [0.717, 1.165) is 11.7 Å². The summed E-state index contributed by atoms with van der Waals surface area (Å²) in [5, 5.41) is 0. The zero-order valence-corrected chi connectivity index (χ0v) is 7.65. The van der Waals surface area contributed by atoms with E-state index in [2.05, 4.69) is 9.98 Å². The summed E-state index contributed by atoms with van der Waals surface area (Å²) < 4.78 is 0. The van der Waals surface area contributed by atoms with Crippen molar-refractivity contribution in [2.75, 3.05) is 14.1 Å². The average molecular weight is 163 g/mol. The second-order valence-corrected chi connectivity index (χ2v) is 2.74. The lowest BCUT2D eigenvalue weighted by atomic mass is 10.5. The molecule has 0 saturated carbocycles. The summed E-state index contributed by atoms with van der Waals surface area (Å²) in [6, 6.07) is 5.69. The first-order valence-electron chi connectivity index (χ1n) is 3.84. The van der Waals surface area contributed by atoms with E-state index in [0.29, 0.717) is 0 Å². The highest BCUT2D eigenvalue weighted by Crippen LogP contribution is 2.05. The quantitative estimate of drug-likeness (QED) is 0.465. The van der Waals surface area contributed by atoms with Crippen molar-refractivity contribution in [3.05, 3.63) is 24.4 Å². The van der Waals surface area contributed by atoms with Crippen molar-refractivity contribution < 1.29 is 0 Å². The first-order valence-corrected chi connectivity index (χ1v) is 3.84. The molecule has 0 unspecified atom stereocenters. The van der Waals surface area contributed by atoms with Gasteiger partial charge in [0.05, 0.1) is 0 Å². The van der Waals surface area contributed by atoms with Crippen LogP contribution in [0.1, 0.15) is 6.92 Å². The third-order valence-corrected chi connectivity index (χ3v) is 1.57. The Labute approximate surface area is 72.8 Å². The van der Waals surface area contributed by atoms with Gasteiger partial charge in [-0.05, 0) is 19.1 Å². The first kappa shape index (κ1) is 8.71. The Hall–Kier alpha value is -1.38. The molecule has 0 aliphatic heterocycles. The van der Waals surface area contributed by atoms with Crippen molar-refractivity contribution in [2.45, 2.75) is 6.92 Å². The van der Waals surface area contributed by atoms with Crippen LogP contribution in [0.2, 0.25) is 0 Å². The van der Waals surface area contributed by atoms with Crippen LogP contribution in [0.5, 0.6) is 0 Å². The molecule has 0 aliphatic carbocycles. The Balaban J connectivity index is 2.81. The zero-order chi connectivity index (χ0) is 8.97. The zero-order valence-electron chi connectivity index (χ0n) is 7.65. The number of aromatic nitrogens is 1. The number of nitrogens with zero attached hydrogens (tertiary/aromatic N) is 3. The second-order valence-electron chi connectivity index (χ2n) is 2.74. The number of aliphatic imine (C=N–C) groups is 1. The molecule has 12 heavy (non-hydrogen) atoms. The molecule has 64 valence electrons. The van der Waals surface area contributed by atoms with Crippen molar-refractivity contribution >= 4 is 11.7 Å². The van der Waals surface area contributed by atoms with E-state index in [1.807, 2.05) is 44.1 Å². The van der Waals surface area contributed by atoms with Crippen LogP contribution in [0.15, 0.2) is 29.4 Å². The highest BCUT2D eigenvalue weighted by molar-refractivity contribution is 5.81. The van der Waals surface area contributed by atoms with E-state index in [9.17, 15) is 0 Å². The minimum absolute atomic E-state index is 0.753. The average Bonchev–Trinajstić information content (AvgIpc) is 2.06. The number of hydrogen-bond acceptors (Lipinski definition) is 2. The van der Waals surface area contributed by atoms with Crippen molar-refractivity contribution in [3.63, 3.8) is 0 Å². The van der Waals surface area contributed by atoms with Crippen molar-refractivity contribution in [2.24, 2.45) is 4.99 Å². The van der Waals surface area contributed by atoms with Crippen LogP contribution in [-0.4, -0.2) is 29.8 Å². The highest BCUT2D eigenvalue weighted by atomic mass is 15.1. The van der Waals surface area contributed by atoms with Crippen LogP contribution in [-0.2, 0) is 0 Å². The van der Waals surface area contributed by atoms with E-state index in [1.54, 1.807) is 6.20 Å². The summed E-state index contributed by atoms with van der Waals surface area (Å²) in [6.45, 7) is 1.95. The largest absolute Gasteiger partial charge is 0.366 e. The van der Waals surface area contributed by atoms with Crippen molar-refractivity contribution in [1.82, 2.24) is 9.88 Å². The van der Waals surface area contributed by atoms with Gasteiger partial charge < -0.3 is 4.90 Å².